The van der Waals surface area contributed by atoms with Crippen LogP contribution in [0.3, 0.4) is 0 Å². The third-order valence-electron chi connectivity index (χ3n) is 6.14. The van der Waals surface area contributed by atoms with Gasteiger partial charge in [-0.15, -0.1) is 10.2 Å². The summed E-state index contributed by atoms with van der Waals surface area (Å²) in [5, 5.41) is 11.6. The third kappa shape index (κ3) is 5.10. The zero-order valence-corrected chi connectivity index (χ0v) is 21.1. The Bertz CT molecular complexity index is 1540. The highest BCUT2D eigenvalue weighted by molar-refractivity contribution is 6.30. The van der Waals surface area contributed by atoms with Gasteiger partial charge in [0.15, 0.2) is 11.6 Å². The van der Waals surface area contributed by atoms with Crippen molar-refractivity contribution in [2.24, 2.45) is 0 Å². The first kappa shape index (κ1) is 24.3. The number of ether oxygens (including phenoxy) is 2. The van der Waals surface area contributed by atoms with Gasteiger partial charge in [-0.05, 0) is 72.8 Å². The number of benzene rings is 4. The van der Waals surface area contributed by atoms with E-state index in [4.69, 9.17) is 21.1 Å². The van der Waals surface area contributed by atoms with Crippen molar-refractivity contribution in [1.82, 2.24) is 10.2 Å². The number of Topliss-reactive ketones (excluding diaryl/α,β-unsaturated/α-hetero) is 1. The van der Waals surface area contributed by atoms with Gasteiger partial charge in [-0.1, -0.05) is 35.9 Å². The molecule has 0 fully saturated rings. The van der Waals surface area contributed by atoms with Gasteiger partial charge in [0, 0.05) is 32.6 Å². The van der Waals surface area contributed by atoms with Gasteiger partial charge in [0.05, 0.1) is 20.8 Å². The van der Waals surface area contributed by atoms with E-state index in [1.165, 1.54) is 0 Å². The molecule has 37 heavy (non-hydrogen) atoms. The molecule has 0 aliphatic heterocycles. The van der Waals surface area contributed by atoms with Crippen molar-refractivity contribution in [1.29, 1.82) is 0 Å². The molecule has 7 heteroatoms. The number of nitrogens with zero attached hydrogens (tertiary/aromatic N) is 3. The number of fused-ring (bicyclic) bond motifs is 1. The summed E-state index contributed by atoms with van der Waals surface area (Å²) in [5.41, 5.74) is 3.03. The van der Waals surface area contributed by atoms with Gasteiger partial charge in [0.2, 0.25) is 0 Å². The van der Waals surface area contributed by atoms with E-state index in [1.807, 2.05) is 77.7 Å². The highest BCUT2D eigenvalue weighted by atomic mass is 35.5. The molecule has 5 aromatic rings. The Labute approximate surface area is 220 Å². The van der Waals surface area contributed by atoms with E-state index in [2.05, 4.69) is 10.2 Å². The SMILES string of the molecule is COc1ccc(-c2nnc(N(CC(=O)c3ccc(Cl)cc3)c3ccc(OC)cc3)c3ccccc23)cc1. The topological polar surface area (TPSA) is 64.6 Å². The van der Waals surface area contributed by atoms with E-state index >= 15 is 0 Å². The number of ketones is 1. The normalized spacial score (nSPS) is 10.8. The second-order valence-electron chi connectivity index (χ2n) is 8.36. The van der Waals surface area contributed by atoms with Gasteiger partial charge in [0.1, 0.15) is 17.2 Å². The maximum absolute atomic E-state index is 13.4. The lowest BCUT2D eigenvalue weighted by Gasteiger charge is -2.25. The first-order chi connectivity index (χ1) is 18.1. The van der Waals surface area contributed by atoms with E-state index in [1.54, 1.807) is 38.5 Å². The minimum atomic E-state index is -0.0717. The largest absolute Gasteiger partial charge is 0.497 e. The Morgan fingerprint density at radius 2 is 1.35 bits per heavy atom. The number of carbonyl (C=O) groups excluding carboxylic acids is 1. The molecule has 0 aliphatic carbocycles. The molecule has 6 nitrogen and oxygen atoms in total. The minimum Gasteiger partial charge on any atom is -0.497 e. The van der Waals surface area contributed by atoms with Crippen LogP contribution in [0.1, 0.15) is 10.4 Å². The average Bonchev–Trinajstić information content (AvgIpc) is 2.96. The number of anilines is 2. The first-order valence-electron chi connectivity index (χ1n) is 11.7. The highest BCUT2D eigenvalue weighted by Gasteiger charge is 2.21. The number of halogens is 1. The summed E-state index contributed by atoms with van der Waals surface area (Å²) < 4.78 is 10.6. The summed E-state index contributed by atoms with van der Waals surface area (Å²) in [7, 11) is 3.26. The van der Waals surface area contributed by atoms with Crippen molar-refractivity contribution < 1.29 is 14.3 Å². The van der Waals surface area contributed by atoms with Crippen LogP contribution in [0.25, 0.3) is 22.0 Å². The number of hydrogen-bond donors (Lipinski definition) is 0. The molecule has 0 atom stereocenters. The van der Waals surface area contributed by atoms with E-state index in [-0.39, 0.29) is 12.3 Å². The molecule has 5 rings (SSSR count). The number of hydrogen-bond acceptors (Lipinski definition) is 6. The van der Waals surface area contributed by atoms with E-state index in [0.717, 1.165) is 39.2 Å². The summed E-state index contributed by atoms with van der Waals surface area (Å²) in [6.45, 7) is 0.0640. The predicted octanol–water partition coefficient (Wildman–Crippen LogP) is 6.99. The smallest absolute Gasteiger partial charge is 0.182 e. The van der Waals surface area contributed by atoms with Crippen LogP contribution in [0.15, 0.2) is 97.1 Å². The lowest BCUT2D eigenvalue weighted by molar-refractivity contribution is 0.100. The molecule has 184 valence electrons. The molecular weight excluding hydrogens is 486 g/mol. The molecule has 0 unspecified atom stereocenters. The van der Waals surface area contributed by atoms with Crippen LogP contribution in [0, 0.1) is 0 Å². The fraction of sp³-hybridized carbons (Fsp3) is 0.100. The van der Waals surface area contributed by atoms with Crippen LogP contribution in [0.4, 0.5) is 11.5 Å². The summed E-state index contributed by atoms with van der Waals surface area (Å²) in [4.78, 5) is 15.2. The quantitative estimate of drug-likeness (QED) is 0.210. The molecular formula is C30H24ClN3O3. The number of rotatable bonds is 8. The molecule has 1 heterocycles. The molecule has 0 spiro atoms. The molecule has 0 N–H and O–H groups in total. The van der Waals surface area contributed by atoms with Gasteiger partial charge in [-0.25, -0.2) is 0 Å². The van der Waals surface area contributed by atoms with Crippen LogP contribution >= 0.6 is 11.6 Å². The number of carbonyl (C=O) groups is 1. The van der Waals surface area contributed by atoms with Crippen molar-refractivity contribution >= 4 is 39.7 Å². The molecule has 0 radical (unpaired) electrons. The van der Waals surface area contributed by atoms with Crippen LogP contribution in [0.2, 0.25) is 5.02 Å². The summed E-state index contributed by atoms with van der Waals surface area (Å²) >= 11 is 6.03. The van der Waals surface area contributed by atoms with Gasteiger partial charge in [-0.3, -0.25) is 4.79 Å². The van der Waals surface area contributed by atoms with Gasteiger partial charge in [0.25, 0.3) is 0 Å². The fourth-order valence-corrected chi connectivity index (χ4v) is 4.30. The molecule has 0 aliphatic rings. The molecule has 1 aromatic heterocycles. The fourth-order valence-electron chi connectivity index (χ4n) is 4.17. The number of aromatic nitrogens is 2. The van der Waals surface area contributed by atoms with Gasteiger partial charge < -0.3 is 14.4 Å². The second kappa shape index (κ2) is 10.7. The summed E-state index contributed by atoms with van der Waals surface area (Å²) in [5.74, 6) is 2.00. The van der Waals surface area contributed by atoms with Crippen molar-refractivity contribution in [2.75, 3.05) is 25.7 Å². The molecule has 0 bridgehead atoms. The van der Waals surface area contributed by atoms with Crippen LogP contribution < -0.4 is 14.4 Å². The minimum absolute atomic E-state index is 0.0640. The molecule has 0 amide bonds. The predicted molar refractivity (Wildman–Crippen MR) is 147 cm³/mol. The lowest BCUT2D eigenvalue weighted by Crippen LogP contribution is -2.26. The standard InChI is InChI=1S/C30H24ClN3O3/c1-36-24-15-9-21(10-16-24)29-26-5-3-4-6-27(26)30(33-32-29)34(23-13-17-25(37-2)18-14-23)19-28(35)20-7-11-22(31)12-8-20/h3-18H,19H2,1-2H3. The monoisotopic (exact) mass is 509 g/mol. The Balaban J connectivity index is 1.62. The van der Waals surface area contributed by atoms with Crippen LogP contribution in [0.5, 0.6) is 11.5 Å². The lowest BCUT2D eigenvalue weighted by atomic mass is 10.0. The van der Waals surface area contributed by atoms with Crippen LogP contribution in [-0.2, 0) is 0 Å². The van der Waals surface area contributed by atoms with Gasteiger partial charge >= 0.3 is 0 Å². The Hall–Kier alpha value is -4.42. The Morgan fingerprint density at radius 3 is 1.97 bits per heavy atom. The maximum atomic E-state index is 13.4. The highest BCUT2D eigenvalue weighted by Crippen LogP contribution is 2.35. The van der Waals surface area contributed by atoms with E-state index in [0.29, 0.717) is 16.4 Å². The molecule has 0 saturated heterocycles. The molecule has 0 saturated carbocycles. The van der Waals surface area contributed by atoms with Crippen molar-refractivity contribution in [3.8, 4) is 22.8 Å². The Kier molecular flexibility index (Phi) is 7.01. The van der Waals surface area contributed by atoms with Crippen molar-refractivity contribution in [3.05, 3.63) is 108 Å². The van der Waals surface area contributed by atoms with Crippen molar-refractivity contribution in [3.63, 3.8) is 0 Å². The zero-order valence-electron chi connectivity index (χ0n) is 20.4. The summed E-state index contributed by atoms with van der Waals surface area (Å²) in [6.07, 6.45) is 0. The summed E-state index contributed by atoms with van der Waals surface area (Å²) in [6, 6.07) is 30.1. The van der Waals surface area contributed by atoms with Crippen LogP contribution in [-0.4, -0.2) is 36.7 Å². The van der Waals surface area contributed by atoms with E-state index < -0.39 is 0 Å². The first-order valence-corrected chi connectivity index (χ1v) is 12.1. The van der Waals surface area contributed by atoms with Gasteiger partial charge in [-0.2, -0.15) is 0 Å². The van der Waals surface area contributed by atoms with Crippen molar-refractivity contribution in [2.45, 2.75) is 0 Å². The third-order valence-corrected chi connectivity index (χ3v) is 6.39. The maximum Gasteiger partial charge on any atom is 0.182 e. The molecule has 4 aromatic carbocycles. The zero-order chi connectivity index (χ0) is 25.8. The average molecular weight is 510 g/mol. The second-order valence-corrected chi connectivity index (χ2v) is 8.80. The number of methoxy groups -OCH3 is 2. The Morgan fingerprint density at radius 1 is 0.757 bits per heavy atom. The van der Waals surface area contributed by atoms with E-state index in [9.17, 15) is 4.79 Å².